The van der Waals surface area contributed by atoms with Crippen LogP contribution in [0.5, 0.6) is 0 Å². The van der Waals surface area contributed by atoms with Crippen molar-refractivity contribution >= 4 is 44.5 Å². The average molecular weight is 343 g/mol. The zero-order valence-corrected chi connectivity index (χ0v) is 12.0. The molecular formula is C13H9BrF2N2S. The molecule has 0 saturated heterocycles. The summed E-state index contributed by atoms with van der Waals surface area (Å²) in [6.45, 7) is 0. The van der Waals surface area contributed by atoms with Crippen LogP contribution in [0.1, 0.15) is 5.56 Å². The summed E-state index contributed by atoms with van der Waals surface area (Å²) < 4.78 is 27.2. The molecule has 3 N–H and O–H groups in total. The van der Waals surface area contributed by atoms with Crippen LogP contribution in [0.15, 0.2) is 40.9 Å². The third-order valence-corrected chi connectivity index (χ3v) is 3.32. The van der Waals surface area contributed by atoms with Gasteiger partial charge in [-0.25, -0.2) is 8.78 Å². The molecule has 0 aliphatic carbocycles. The molecule has 0 amide bonds. The van der Waals surface area contributed by atoms with Gasteiger partial charge in [-0.15, -0.1) is 0 Å². The highest BCUT2D eigenvalue weighted by molar-refractivity contribution is 9.10. The van der Waals surface area contributed by atoms with E-state index in [1.807, 2.05) is 0 Å². The van der Waals surface area contributed by atoms with E-state index in [0.29, 0.717) is 15.7 Å². The highest BCUT2D eigenvalue weighted by Crippen LogP contribution is 2.25. The first kappa shape index (κ1) is 13.9. The molecule has 0 radical (unpaired) electrons. The summed E-state index contributed by atoms with van der Waals surface area (Å²) in [6, 6.07) is 8.29. The molecule has 2 rings (SSSR count). The van der Waals surface area contributed by atoms with Gasteiger partial charge in [-0.2, -0.15) is 0 Å². The van der Waals surface area contributed by atoms with Crippen LogP contribution in [0.2, 0.25) is 0 Å². The summed E-state index contributed by atoms with van der Waals surface area (Å²) in [5.41, 5.74) is 6.87. The maximum atomic E-state index is 13.5. The number of halogens is 3. The van der Waals surface area contributed by atoms with Crippen molar-refractivity contribution in [2.45, 2.75) is 0 Å². The molecule has 0 fully saturated rings. The maximum Gasteiger partial charge on any atom is 0.146 e. The number of anilines is 2. The number of hydrogen-bond acceptors (Lipinski definition) is 2. The minimum absolute atomic E-state index is 0.0648. The van der Waals surface area contributed by atoms with Crippen LogP contribution in [-0.2, 0) is 0 Å². The summed E-state index contributed by atoms with van der Waals surface area (Å²) >= 11 is 8.20. The second-order valence-corrected chi connectivity index (χ2v) is 5.10. The van der Waals surface area contributed by atoms with Crippen molar-refractivity contribution in [3.8, 4) is 0 Å². The van der Waals surface area contributed by atoms with Gasteiger partial charge in [0.25, 0.3) is 0 Å². The molecule has 2 aromatic rings. The fourth-order valence-corrected chi connectivity index (χ4v) is 2.44. The van der Waals surface area contributed by atoms with Crippen molar-refractivity contribution in [3.63, 3.8) is 0 Å². The van der Waals surface area contributed by atoms with Gasteiger partial charge in [-0.05, 0) is 46.3 Å². The smallest absolute Gasteiger partial charge is 0.146 e. The number of thiocarbonyl (C=S) groups is 1. The van der Waals surface area contributed by atoms with Crippen molar-refractivity contribution in [3.05, 3.63) is 58.1 Å². The summed E-state index contributed by atoms with van der Waals surface area (Å²) in [7, 11) is 0. The van der Waals surface area contributed by atoms with Crippen molar-refractivity contribution < 1.29 is 8.78 Å². The minimum Gasteiger partial charge on any atom is -0.389 e. The van der Waals surface area contributed by atoms with E-state index < -0.39 is 11.6 Å². The van der Waals surface area contributed by atoms with E-state index in [1.165, 1.54) is 0 Å². The Balaban J connectivity index is 2.31. The Hall–Kier alpha value is -1.53. The lowest BCUT2D eigenvalue weighted by molar-refractivity contribution is 0.603. The molecule has 98 valence electrons. The van der Waals surface area contributed by atoms with Crippen LogP contribution in [0.3, 0.4) is 0 Å². The quantitative estimate of drug-likeness (QED) is 0.824. The van der Waals surface area contributed by atoms with E-state index in [4.69, 9.17) is 18.0 Å². The van der Waals surface area contributed by atoms with Crippen molar-refractivity contribution in [2.24, 2.45) is 5.73 Å². The van der Waals surface area contributed by atoms with Crippen LogP contribution in [0.25, 0.3) is 0 Å². The maximum absolute atomic E-state index is 13.5. The molecule has 2 nitrogen and oxygen atoms in total. The monoisotopic (exact) mass is 342 g/mol. The van der Waals surface area contributed by atoms with Crippen LogP contribution >= 0.6 is 28.1 Å². The minimum atomic E-state index is -0.532. The molecule has 0 aliphatic heterocycles. The zero-order chi connectivity index (χ0) is 14.0. The van der Waals surface area contributed by atoms with Gasteiger partial charge in [0, 0.05) is 21.8 Å². The summed E-state index contributed by atoms with van der Waals surface area (Å²) in [5, 5.41) is 2.79. The van der Waals surface area contributed by atoms with Gasteiger partial charge in [0.1, 0.15) is 16.6 Å². The van der Waals surface area contributed by atoms with Crippen molar-refractivity contribution in [2.75, 3.05) is 5.32 Å². The molecule has 19 heavy (non-hydrogen) atoms. The molecule has 0 bridgehead atoms. The van der Waals surface area contributed by atoms with Gasteiger partial charge in [0.2, 0.25) is 0 Å². The molecule has 6 heteroatoms. The highest BCUT2D eigenvalue weighted by Gasteiger charge is 2.07. The van der Waals surface area contributed by atoms with E-state index in [2.05, 4.69) is 21.2 Å². The predicted molar refractivity (Wildman–Crippen MR) is 79.7 cm³/mol. The topological polar surface area (TPSA) is 38.0 Å². The molecule has 2 aromatic carbocycles. The molecule has 0 aliphatic rings. The number of hydrogen-bond donors (Lipinski definition) is 2. The number of nitrogens with two attached hydrogens (primary N) is 1. The first-order chi connectivity index (χ1) is 8.97. The van der Waals surface area contributed by atoms with Gasteiger partial charge in [0.15, 0.2) is 0 Å². The Bertz CT molecular complexity index is 647. The summed E-state index contributed by atoms with van der Waals surface area (Å²) in [4.78, 5) is 0.260. The van der Waals surface area contributed by atoms with Gasteiger partial charge in [-0.3, -0.25) is 0 Å². The van der Waals surface area contributed by atoms with Crippen LogP contribution in [0.4, 0.5) is 20.2 Å². The predicted octanol–water partition coefficient (Wildman–Crippen LogP) is 4.11. The highest BCUT2D eigenvalue weighted by atomic mass is 79.9. The van der Waals surface area contributed by atoms with Crippen LogP contribution < -0.4 is 11.1 Å². The van der Waals surface area contributed by atoms with Gasteiger partial charge < -0.3 is 11.1 Å². The van der Waals surface area contributed by atoms with Crippen molar-refractivity contribution in [1.29, 1.82) is 0 Å². The standard InChI is InChI=1S/C13H9BrF2N2S/c14-10-6-8(2-3-9(10)13(17)19)18-12-5-7(15)1-4-11(12)16/h1-6,18H,(H2,17,19). The number of nitrogens with one attached hydrogen (secondary N) is 1. The van der Waals surface area contributed by atoms with Gasteiger partial charge >= 0.3 is 0 Å². The zero-order valence-electron chi connectivity index (χ0n) is 9.58. The molecule has 0 spiro atoms. The van der Waals surface area contributed by atoms with E-state index in [1.54, 1.807) is 18.2 Å². The molecule has 0 heterocycles. The third-order valence-electron chi connectivity index (χ3n) is 2.44. The molecule has 0 aromatic heterocycles. The van der Waals surface area contributed by atoms with E-state index in [0.717, 1.165) is 18.2 Å². The fraction of sp³-hybridized carbons (Fsp3) is 0. The van der Waals surface area contributed by atoms with E-state index in [9.17, 15) is 8.78 Å². The van der Waals surface area contributed by atoms with E-state index >= 15 is 0 Å². The van der Waals surface area contributed by atoms with Crippen LogP contribution in [-0.4, -0.2) is 4.99 Å². The Kier molecular flexibility index (Phi) is 4.11. The summed E-state index contributed by atoms with van der Waals surface area (Å²) in [5.74, 6) is -1.04. The average Bonchev–Trinajstić information content (AvgIpc) is 2.33. The Morgan fingerprint density at radius 3 is 2.53 bits per heavy atom. The molecular weight excluding hydrogens is 334 g/mol. The molecule has 0 unspecified atom stereocenters. The Morgan fingerprint density at radius 1 is 1.16 bits per heavy atom. The third kappa shape index (κ3) is 3.27. The van der Waals surface area contributed by atoms with Crippen LogP contribution in [0, 0.1) is 11.6 Å². The first-order valence-corrected chi connectivity index (χ1v) is 6.49. The lowest BCUT2D eigenvalue weighted by Crippen LogP contribution is -2.10. The normalized spacial score (nSPS) is 10.3. The largest absolute Gasteiger partial charge is 0.389 e. The Morgan fingerprint density at radius 2 is 1.89 bits per heavy atom. The second-order valence-electron chi connectivity index (χ2n) is 3.81. The van der Waals surface area contributed by atoms with Gasteiger partial charge in [-0.1, -0.05) is 12.2 Å². The fourth-order valence-electron chi connectivity index (χ4n) is 1.54. The van der Waals surface area contributed by atoms with Gasteiger partial charge in [0.05, 0.1) is 5.69 Å². The Labute approximate surface area is 122 Å². The lowest BCUT2D eigenvalue weighted by Gasteiger charge is -2.10. The number of benzene rings is 2. The number of rotatable bonds is 3. The second kappa shape index (κ2) is 5.63. The molecule has 0 atom stereocenters. The van der Waals surface area contributed by atoms with Crippen molar-refractivity contribution in [1.82, 2.24) is 0 Å². The van der Waals surface area contributed by atoms with E-state index in [-0.39, 0.29) is 10.7 Å². The first-order valence-electron chi connectivity index (χ1n) is 5.29. The summed E-state index contributed by atoms with van der Waals surface area (Å²) in [6.07, 6.45) is 0. The SMILES string of the molecule is NC(=S)c1ccc(Nc2cc(F)ccc2F)cc1Br. The lowest BCUT2D eigenvalue weighted by atomic mass is 10.2. The molecule has 0 saturated carbocycles.